The van der Waals surface area contributed by atoms with Gasteiger partial charge in [-0.2, -0.15) is 0 Å². The van der Waals surface area contributed by atoms with Crippen molar-refractivity contribution in [3.8, 4) is 5.75 Å². The van der Waals surface area contributed by atoms with Crippen LogP contribution >= 0.6 is 0 Å². The lowest BCUT2D eigenvalue weighted by molar-refractivity contribution is -0.136. The first-order chi connectivity index (χ1) is 12.5. The van der Waals surface area contributed by atoms with Gasteiger partial charge >= 0.3 is 11.8 Å². The molecule has 6 nitrogen and oxygen atoms in total. The van der Waals surface area contributed by atoms with Gasteiger partial charge in [0.15, 0.2) is 0 Å². The van der Waals surface area contributed by atoms with E-state index in [1.165, 1.54) is 5.56 Å². The number of hydrogen-bond donors (Lipinski definition) is 3. The molecule has 0 spiro atoms. The fourth-order valence-electron chi connectivity index (χ4n) is 3.12. The molecule has 3 N–H and O–H groups in total. The number of benzene rings is 2. The molecule has 2 aromatic carbocycles. The van der Waals surface area contributed by atoms with E-state index in [0.29, 0.717) is 24.3 Å². The molecule has 0 aromatic heterocycles. The summed E-state index contributed by atoms with van der Waals surface area (Å²) >= 11 is 0. The maximum absolute atomic E-state index is 12.0. The molecule has 0 fully saturated rings. The monoisotopic (exact) mass is 354 g/mol. The highest BCUT2D eigenvalue weighted by atomic mass is 16.5. The molecule has 2 amide bonds. The van der Waals surface area contributed by atoms with Gasteiger partial charge < -0.3 is 20.5 Å². The lowest BCUT2D eigenvalue weighted by atomic mass is 9.80. The van der Waals surface area contributed by atoms with Crippen LogP contribution in [0.15, 0.2) is 48.5 Å². The Morgan fingerprint density at radius 1 is 1.08 bits per heavy atom. The molecular formula is C20H22N2O4. The third-order valence-electron chi connectivity index (χ3n) is 4.63. The summed E-state index contributed by atoms with van der Waals surface area (Å²) < 4.78 is 5.04. The van der Waals surface area contributed by atoms with Gasteiger partial charge in [-0.15, -0.1) is 0 Å². The summed E-state index contributed by atoms with van der Waals surface area (Å²) in [6, 6.07) is 14.6. The van der Waals surface area contributed by atoms with E-state index in [4.69, 9.17) is 4.74 Å². The van der Waals surface area contributed by atoms with Gasteiger partial charge in [0.05, 0.1) is 12.7 Å². The molecule has 0 unspecified atom stereocenters. The zero-order valence-electron chi connectivity index (χ0n) is 14.6. The Balaban J connectivity index is 1.54. The number of rotatable bonds is 4. The molecule has 0 saturated carbocycles. The molecule has 0 aliphatic heterocycles. The number of methoxy groups -OCH3 is 1. The van der Waals surface area contributed by atoms with Crippen molar-refractivity contribution >= 4 is 17.5 Å². The summed E-state index contributed by atoms with van der Waals surface area (Å²) in [5.41, 5.74) is 1.76. The summed E-state index contributed by atoms with van der Waals surface area (Å²) in [6.07, 6.45) is 1.76. The van der Waals surface area contributed by atoms with Crippen molar-refractivity contribution in [2.75, 3.05) is 19.0 Å². The van der Waals surface area contributed by atoms with Crippen LogP contribution in [0.5, 0.6) is 5.75 Å². The Bertz CT molecular complexity index is 804. The van der Waals surface area contributed by atoms with E-state index in [1.54, 1.807) is 31.4 Å². The number of aryl methyl sites for hydroxylation is 1. The number of anilines is 1. The van der Waals surface area contributed by atoms with E-state index in [0.717, 1.165) is 12.0 Å². The van der Waals surface area contributed by atoms with Crippen LogP contribution in [0.3, 0.4) is 0 Å². The summed E-state index contributed by atoms with van der Waals surface area (Å²) in [7, 11) is 1.55. The average molecular weight is 354 g/mol. The number of aliphatic hydroxyl groups is 1. The zero-order valence-corrected chi connectivity index (χ0v) is 14.6. The van der Waals surface area contributed by atoms with Crippen molar-refractivity contribution in [1.82, 2.24) is 5.32 Å². The van der Waals surface area contributed by atoms with Crippen molar-refractivity contribution in [2.24, 2.45) is 0 Å². The van der Waals surface area contributed by atoms with Crippen LogP contribution in [-0.2, 0) is 22.4 Å². The molecule has 6 heteroatoms. The number of carbonyl (C=O) groups excluding carboxylic acids is 2. The van der Waals surface area contributed by atoms with Gasteiger partial charge in [0.2, 0.25) is 0 Å². The largest absolute Gasteiger partial charge is 0.497 e. The first-order valence-corrected chi connectivity index (χ1v) is 8.51. The van der Waals surface area contributed by atoms with Crippen LogP contribution in [0.2, 0.25) is 0 Å². The minimum atomic E-state index is -1.04. The van der Waals surface area contributed by atoms with Crippen molar-refractivity contribution < 1.29 is 19.4 Å². The predicted molar refractivity (Wildman–Crippen MR) is 98.1 cm³/mol. The minimum absolute atomic E-state index is 0.0379. The van der Waals surface area contributed by atoms with Gasteiger partial charge in [0.1, 0.15) is 5.75 Å². The van der Waals surface area contributed by atoms with Crippen LogP contribution < -0.4 is 15.4 Å². The van der Waals surface area contributed by atoms with E-state index < -0.39 is 17.4 Å². The highest BCUT2D eigenvalue weighted by Gasteiger charge is 2.32. The topological polar surface area (TPSA) is 87.7 Å². The second-order valence-electron chi connectivity index (χ2n) is 6.54. The predicted octanol–water partition coefficient (Wildman–Crippen LogP) is 1.67. The molecule has 0 saturated heterocycles. The number of carbonyl (C=O) groups is 2. The van der Waals surface area contributed by atoms with Crippen LogP contribution in [0.25, 0.3) is 0 Å². The Labute approximate surface area is 152 Å². The summed E-state index contributed by atoms with van der Waals surface area (Å²) in [5.74, 6) is -0.879. The first-order valence-electron chi connectivity index (χ1n) is 8.51. The van der Waals surface area contributed by atoms with Gasteiger partial charge in [-0.25, -0.2) is 0 Å². The second-order valence-corrected chi connectivity index (χ2v) is 6.54. The maximum Gasteiger partial charge on any atom is 0.313 e. The molecule has 0 bridgehead atoms. The lowest BCUT2D eigenvalue weighted by Crippen LogP contribution is -2.49. The van der Waals surface area contributed by atoms with Crippen molar-refractivity contribution in [3.63, 3.8) is 0 Å². The average Bonchev–Trinajstić information content (AvgIpc) is 2.66. The summed E-state index contributed by atoms with van der Waals surface area (Å²) in [5, 5.41) is 15.8. The quantitative estimate of drug-likeness (QED) is 0.729. The minimum Gasteiger partial charge on any atom is -0.497 e. The first kappa shape index (κ1) is 17.9. The molecule has 0 radical (unpaired) electrons. The van der Waals surface area contributed by atoms with Crippen LogP contribution in [-0.4, -0.2) is 36.2 Å². The van der Waals surface area contributed by atoms with Crippen LogP contribution in [0.4, 0.5) is 5.69 Å². The number of amides is 2. The summed E-state index contributed by atoms with van der Waals surface area (Å²) in [6.45, 7) is 0.0379. The summed E-state index contributed by atoms with van der Waals surface area (Å²) in [4.78, 5) is 24.0. The molecule has 1 atom stereocenters. The Morgan fingerprint density at radius 3 is 2.46 bits per heavy atom. The molecule has 1 aliphatic carbocycles. The third kappa shape index (κ3) is 4.21. The van der Waals surface area contributed by atoms with Crippen molar-refractivity contribution in [3.05, 3.63) is 59.7 Å². The highest BCUT2D eigenvalue weighted by Crippen LogP contribution is 2.28. The second kappa shape index (κ2) is 7.58. The fraction of sp³-hybridized carbons (Fsp3) is 0.300. The smallest absolute Gasteiger partial charge is 0.313 e. The number of nitrogens with one attached hydrogen (secondary N) is 2. The Hall–Kier alpha value is -2.86. The van der Waals surface area contributed by atoms with Crippen LogP contribution in [0, 0.1) is 0 Å². The maximum atomic E-state index is 12.0. The third-order valence-corrected chi connectivity index (χ3v) is 4.63. The van der Waals surface area contributed by atoms with Gasteiger partial charge in [-0.3, -0.25) is 9.59 Å². The molecule has 2 aromatic rings. The molecule has 136 valence electrons. The highest BCUT2D eigenvalue weighted by molar-refractivity contribution is 6.39. The molecule has 1 aliphatic rings. The van der Waals surface area contributed by atoms with Crippen LogP contribution in [0.1, 0.15) is 17.5 Å². The van der Waals surface area contributed by atoms with E-state index in [2.05, 4.69) is 16.7 Å². The van der Waals surface area contributed by atoms with E-state index >= 15 is 0 Å². The molecule has 26 heavy (non-hydrogen) atoms. The fourth-order valence-corrected chi connectivity index (χ4v) is 3.12. The SMILES string of the molecule is COc1ccc(NC(=O)C(=O)NC[C@]2(O)CCc3ccccc3C2)cc1. The number of hydrogen-bond acceptors (Lipinski definition) is 4. The standard InChI is InChI=1S/C20H22N2O4/c1-26-17-8-6-16(7-9-17)22-19(24)18(23)21-13-20(25)11-10-14-4-2-3-5-15(14)12-20/h2-9,25H,10-13H2,1H3,(H,21,23)(H,22,24)/t20-/m0/s1. The molecular weight excluding hydrogens is 332 g/mol. The van der Waals surface area contributed by atoms with Gasteiger partial charge in [0.25, 0.3) is 0 Å². The van der Waals surface area contributed by atoms with Gasteiger partial charge in [0, 0.05) is 18.7 Å². The van der Waals surface area contributed by atoms with Gasteiger partial charge in [-0.1, -0.05) is 24.3 Å². The normalized spacial score (nSPS) is 18.5. The van der Waals surface area contributed by atoms with E-state index in [9.17, 15) is 14.7 Å². The number of fused-ring (bicyclic) bond motifs is 1. The van der Waals surface area contributed by atoms with Crippen molar-refractivity contribution in [2.45, 2.75) is 24.9 Å². The Kier molecular flexibility index (Phi) is 5.23. The van der Waals surface area contributed by atoms with E-state index in [1.807, 2.05) is 18.2 Å². The van der Waals surface area contributed by atoms with Gasteiger partial charge in [-0.05, 0) is 48.2 Å². The Morgan fingerprint density at radius 2 is 1.77 bits per heavy atom. The molecule has 3 rings (SSSR count). The lowest BCUT2D eigenvalue weighted by Gasteiger charge is -2.33. The molecule has 0 heterocycles. The zero-order chi connectivity index (χ0) is 18.6. The van der Waals surface area contributed by atoms with E-state index in [-0.39, 0.29) is 6.54 Å². The number of ether oxygens (including phenoxy) is 1. The van der Waals surface area contributed by atoms with Crippen molar-refractivity contribution in [1.29, 1.82) is 0 Å².